The minimum atomic E-state index is -0.299. The number of piperazine rings is 1. The number of rotatable bonds is 4. The Kier molecular flexibility index (Phi) is 5.07. The average Bonchev–Trinajstić information content (AvgIpc) is 2.48. The molecule has 1 unspecified atom stereocenters. The Bertz CT molecular complexity index is 504. The number of anilines is 2. The van der Waals surface area contributed by atoms with E-state index in [9.17, 15) is 4.79 Å². The van der Waals surface area contributed by atoms with Gasteiger partial charge in [0.2, 0.25) is 0 Å². The summed E-state index contributed by atoms with van der Waals surface area (Å²) in [7, 11) is 2.14. The Morgan fingerprint density at radius 1 is 1.38 bits per heavy atom. The third-order valence-electron chi connectivity index (χ3n) is 4.13. The smallest absolute Gasteiger partial charge is 0.340 e. The SMILES string of the molecule is CCOC(=O)c1cccc(N)c1N1CCN(C)C(CC)C1. The lowest BCUT2D eigenvalue weighted by molar-refractivity contribution is 0.0527. The molecule has 1 aromatic carbocycles. The van der Waals surface area contributed by atoms with Gasteiger partial charge in [-0.05, 0) is 32.5 Å². The fraction of sp³-hybridized carbons (Fsp3) is 0.562. The molecule has 0 saturated carbocycles. The molecule has 1 heterocycles. The Labute approximate surface area is 126 Å². The van der Waals surface area contributed by atoms with Crippen molar-refractivity contribution in [3.05, 3.63) is 23.8 Å². The van der Waals surface area contributed by atoms with Gasteiger partial charge in [0.25, 0.3) is 0 Å². The van der Waals surface area contributed by atoms with E-state index in [1.54, 1.807) is 12.1 Å². The summed E-state index contributed by atoms with van der Waals surface area (Å²) in [5.41, 5.74) is 8.17. The topological polar surface area (TPSA) is 58.8 Å². The van der Waals surface area contributed by atoms with Gasteiger partial charge in [-0.25, -0.2) is 4.79 Å². The summed E-state index contributed by atoms with van der Waals surface area (Å²) in [6.45, 7) is 7.09. The number of nitrogens with two attached hydrogens (primary N) is 1. The molecule has 116 valence electrons. The molecule has 21 heavy (non-hydrogen) atoms. The van der Waals surface area contributed by atoms with E-state index in [-0.39, 0.29) is 5.97 Å². The predicted molar refractivity (Wildman–Crippen MR) is 85.7 cm³/mol. The summed E-state index contributed by atoms with van der Waals surface area (Å²) < 4.78 is 5.16. The van der Waals surface area contributed by atoms with Crippen LogP contribution in [0.5, 0.6) is 0 Å². The number of nitrogen functional groups attached to an aromatic ring is 1. The summed E-state index contributed by atoms with van der Waals surface area (Å²) in [5.74, 6) is -0.299. The Hall–Kier alpha value is -1.75. The minimum Gasteiger partial charge on any atom is -0.462 e. The summed E-state index contributed by atoms with van der Waals surface area (Å²) in [5, 5.41) is 0. The molecule has 0 radical (unpaired) electrons. The molecule has 0 aromatic heterocycles. The number of esters is 1. The van der Waals surface area contributed by atoms with Gasteiger partial charge < -0.3 is 15.4 Å². The lowest BCUT2D eigenvalue weighted by atomic mass is 10.1. The summed E-state index contributed by atoms with van der Waals surface area (Å²) in [4.78, 5) is 16.7. The number of hydrogen-bond donors (Lipinski definition) is 1. The van der Waals surface area contributed by atoms with Crippen LogP contribution in [-0.4, -0.2) is 50.2 Å². The maximum Gasteiger partial charge on any atom is 0.340 e. The fourth-order valence-electron chi connectivity index (χ4n) is 2.88. The van der Waals surface area contributed by atoms with Gasteiger partial charge >= 0.3 is 5.97 Å². The number of benzene rings is 1. The van der Waals surface area contributed by atoms with E-state index >= 15 is 0 Å². The van der Waals surface area contributed by atoms with Crippen molar-refractivity contribution in [1.82, 2.24) is 4.90 Å². The minimum absolute atomic E-state index is 0.299. The zero-order valence-electron chi connectivity index (χ0n) is 13.1. The number of likely N-dealkylation sites (N-methyl/N-ethyl adjacent to an activating group) is 1. The second kappa shape index (κ2) is 6.80. The molecular formula is C16H25N3O2. The van der Waals surface area contributed by atoms with E-state index in [0.29, 0.717) is 23.9 Å². The van der Waals surface area contributed by atoms with Gasteiger partial charge in [0.15, 0.2) is 0 Å². The number of hydrogen-bond acceptors (Lipinski definition) is 5. The first kappa shape index (κ1) is 15.6. The lowest BCUT2D eigenvalue weighted by Gasteiger charge is -2.41. The molecule has 1 fully saturated rings. The molecule has 1 aromatic rings. The molecule has 0 amide bonds. The van der Waals surface area contributed by atoms with Crippen LogP contribution in [-0.2, 0) is 4.74 Å². The van der Waals surface area contributed by atoms with Crippen molar-refractivity contribution in [2.75, 3.05) is 43.9 Å². The van der Waals surface area contributed by atoms with Crippen LogP contribution < -0.4 is 10.6 Å². The average molecular weight is 291 g/mol. The molecule has 1 saturated heterocycles. The van der Waals surface area contributed by atoms with Gasteiger partial charge in [-0.1, -0.05) is 13.0 Å². The first-order chi connectivity index (χ1) is 10.1. The molecule has 2 N–H and O–H groups in total. The molecular weight excluding hydrogens is 266 g/mol. The highest BCUT2D eigenvalue weighted by molar-refractivity contribution is 5.99. The number of carbonyl (C=O) groups excluding carboxylic acids is 1. The fourth-order valence-corrected chi connectivity index (χ4v) is 2.88. The van der Waals surface area contributed by atoms with Crippen LogP contribution in [0, 0.1) is 0 Å². The van der Waals surface area contributed by atoms with Crippen molar-refractivity contribution in [2.24, 2.45) is 0 Å². The monoisotopic (exact) mass is 291 g/mol. The second-order valence-corrected chi connectivity index (χ2v) is 5.45. The number of ether oxygens (including phenoxy) is 1. The van der Waals surface area contributed by atoms with Crippen molar-refractivity contribution in [1.29, 1.82) is 0 Å². The van der Waals surface area contributed by atoms with Crippen LogP contribution in [0.2, 0.25) is 0 Å². The number of carbonyl (C=O) groups is 1. The van der Waals surface area contributed by atoms with E-state index in [0.717, 1.165) is 31.7 Å². The largest absolute Gasteiger partial charge is 0.462 e. The van der Waals surface area contributed by atoms with E-state index < -0.39 is 0 Å². The molecule has 5 heteroatoms. The van der Waals surface area contributed by atoms with Crippen LogP contribution >= 0.6 is 0 Å². The molecule has 1 aliphatic rings. The van der Waals surface area contributed by atoms with Crippen molar-refractivity contribution >= 4 is 17.3 Å². The van der Waals surface area contributed by atoms with Crippen LogP contribution in [0.15, 0.2) is 18.2 Å². The molecule has 1 atom stereocenters. The van der Waals surface area contributed by atoms with Crippen molar-refractivity contribution < 1.29 is 9.53 Å². The zero-order chi connectivity index (χ0) is 15.4. The van der Waals surface area contributed by atoms with Gasteiger partial charge in [0.1, 0.15) is 0 Å². The molecule has 2 rings (SSSR count). The normalized spacial score (nSPS) is 19.6. The van der Waals surface area contributed by atoms with E-state index in [1.807, 2.05) is 13.0 Å². The van der Waals surface area contributed by atoms with Gasteiger partial charge in [-0.2, -0.15) is 0 Å². The molecule has 0 bridgehead atoms. The highest BCUT2D eigenvalue weighted by Gasteiger charge is 2.27. The molecule has 0 aliphatic carbocycles. The van der Waals surface area contributed by atoms with E-state index in [2.05, 4.69) is 23.8 Å². The predicted octanol–water partition coefficient (Wildman–Crippen LogP) is 1.98. The third-order valence-corrected chi connectivity index (χ3v) is 4.13. The molecule has 1 aliphatic heterocycles. The van der Waals surface area contributed by atoms with Crippen molar-refractivity contribution in [3.8, 4) is 0 Å². The van der Waals surface area contributed by atoms with Gasteiger partial charge in [-0.15, -0.1) is 0 Å². The summed E-state index contributed by atoms with van der Waals surface area (Å²) in [6.07, 6.45) is 1.08. The van der Waals surface area contributed by atoms with Crippen LogP contribution in [0.4, 0.5) is 11.4 Å². The first-order valence-corrected chi connectivity index (χ1v) is 7.59. The highest BCUT2D eigenvalue weighted by Crippen LogP contribution is 2.30. The molecule has 5 nitrogen and oxygen atoms in total. The van der Waals surface area contributed by atoms with Crippen LogP contribution in [0.1, 0.15) is 30.6 Å². The standard InChI is InChI=1S/C16H25N3O2/c1-4-12-11-19(10-9-18(12)3)15-13(16(20)21-5-2)7-6-8-14(15)17/h6-8,12H,4-5,9-11,17H2,1-3H3. The first-order valence-electron chi connectivity index (χ1n) is 7.59. The summed E-state index contributed by atoms with van der Waals surface area (Å²) >= 11 is 0. The Morgan fingerprint density at radius 2 is 2.14 bits per heavy atom. The van der Waals surface area contributed by atoms with Gasteiger partial charge in [0, 0.05) is 25.7 Å². The van der Waals surface area contributed by atoms with Gasteiger partial charge in [0.05, 0.1) is 23.5 Å². The van der Waals surface area contributed by atoms with Crippen LogP contribution in [0.3, 0.4) is 0 Å². The lowest BCUT2D eigenvalue weighted by Crippen LogP contribution is -2.51. The van der Waals surface area contributed by atoms with Crippen molar-refractivity contribution in [3.63, 3.8) is 0 Å². The molecule has 0 spiro atoms. The maximum absolute atomic E-state index is 12.2. The third kappa shape index (κ3) is 3.29. The highest BCUT2D eigenvalue weighted by atomic mass is 16.5. The Balaban J connectivity index is 2.32. The van der Waals surface area contributed by atoms with Crippen LogP contribution in [0.25, 0.3) is 0 Å². The number of para-hydroxylation sites is 1. The summed E-state index contributed by atoms with van der Waals surface area (Å²) in [6, 6.07) is 5.92. The Morgan fingerprint density at radius 3 is 2.81 bits per heavy atom. The second-order valence-electron chi connectivity index (χ2n) is 5.45. The van der Waals surface area contributed by atoms with Crippen molar-refractivity contribution in [2.45, 2.75) is 26.3 Å². The number of nitrogens with zero attached hydrogens (tertiary/aromatic N) is 2. The quantitative estimate of drug-likeness (QED) is 0.679. The van der Waals surface area contributed by atoms with E-state index in [1.165, 1.54) is 0 Å². The van der Waals surface area contributed by atoms with E-state index in [4.69, 9.17) is 10.5 Å². The zero-order valence-corrected chi connectivity index (χ0v) is 13.1. The maximum atomic E-state index is 12.2. The van der Waals surface area contributed by atoms with Gasteiger partial charge in [-0.3, -0.25) is 4.90 Å².